The Bertz CT molecular complexity index is 1190. The van der Waals surface area contributed by atoms with Gasteiger partial charge in [-0.15, -0.1) is 0 Å². The highest BCUT2D eigenvalue weighted by molar-refractivity contribution is 6.35. The van der Waals surface area contributed by atoms with Crippen LogP contribution in [-0.2, 0) is 9.59 Å². The fraction of sp³-hybridized carbons (Fsp3) is 0.0800. The maximum atomic E-state index is 12.0. The zero-order valence-electron chi connectivity index (χ0n) is 18.0. The standard InChI is InChI=1S/C25H20Cl2N2O5/c1-32-20-8-2-17(3-9-20)6-13-25(31)34-21-10-4-18(5-11-21)15-28-29-24(30)16-33-23-12-7-19(26)14-22(23)27/h2-15H,16H2,1H3,(H,29,30)/b13-6+,28-15-. The van der Waals surface area contributed by atoms with E-state index in [1.165, 1.54) is 18.4 Å². The van der Waals surface area contributed by atoms with Crippen LogP contribution >= 0.6 is 23.2 Å². The number of carbonyl (C=O) groups excluding carboxylic acids is 2. The lowest BCUT2D eigenvalue weighted by atomic mass is 10.2. The van der Waals surface area contributed by atoms with Crippen LogP contribution in [0.1, 0.15) is 11.1 Å². The van der Waals surface area contributed by atoms with Crippen LogP contribution in [0.15, 0.2) is 77.9 Å². The van der Waals surface area contributed by atoms with Gasteiger partial charge in [-0.3, -0.25) is 4.79 Å². The van der Waals surface area contributed by atoms with E-state index in [1.54, 1.807) is 61.7 Å². The number of benzene rings is 3. The Morgan fingerprint density at radius 1 is 0.941 bits per heavy atom. The van der Waals surface area contributed by atoms with Crippen molar-refractivity contribution in [1.29, 1.82) is 0 Å². The molecule has 0 aliphatic carbocycles. The minimum atomic E-state index is -0.509. The summed E-state index contributed by atoms with van der Waals surface area (Å²) in [6, 6.07) is 18.6. The maximum Gasteiger partial charge on any atom is 0.336 e. The topological polar surface area (TPSA) is 86.2 Å². The van der Waals surface area contributed by atoms with Crippen molar-refractivity contribution in [2.45, 2.75) is 0 Å². The van der Waals surface area contributed by atoms with Gasteiger partial charge < -0.3 is 14.2 Å². The highest BCUT2D eigenvalue weighted by atomic mass is 35.5. The van der Waals surface area contributed by atoms with Crippen molar-refractivity contribution in [2.75, 3.05) is 13.7 Å². The first-order valence-corrected chi connectivity index (χ1v) is 10.7. The maximum absolute atomic E-state index is 12.0. The molecule has 0 saturated heterocycles. The van der Waals surface area contributed by atoms with Crippen LogP contribution in [0.25, 0.3) is 6.08 Å². The van der Waals surface area contributed by atoms with Gasteiger partial charge in [0.25, 0.3) is 5.91 Å². The third-order valence-corrected chi connectivity index (χ3v) is 4.81. The molecular weight excluding hydrogens is 479 g/mol. The molecule has 0 heterocycles. The first-order valence-electron chi connectivity index (χ1n) is 9.97. The average Bonchev–Trinajstić information content (AvgIpc) is 2.83. The number of nitrogens with zero attached hydrogens (tertiary/aromatic N) is 1. The van der Waals surface area contributed by atoms with Gasteiger partial charge >= 0.3 is 5.97 Å². The number of amides is 1. The molecular formula is C25H20Cl2N2O5. The van der Waals surface area contributed by atoms with E-state index in [-0.39, 0.29) is 6.61 Å². The molecule has 34 heavy (non-hydrogen) atoms. The zero-order valence-corrected chi connectivity index (χ0v) is 19.5. The van der Waals surface area contributed by atoms with E-state index in [0.29, 0.717) is 27.1 Å². The summed E-state index contributed by atoms with van der Waals surface area (Å²) < 4.78 is 15.7. The van der Waals surface area contributed by atoms with E-state index in [9.17, 15) is 9.59 Å². The first kappa shape index (κ1) is 24.8. The van der Waals surface area contributed by atoms with Crippen LogP contribution < -0.4 is 19.6 Å². The highest BCUT2D eigenvalue weighted by Crippen LogP contribution is 2.27. The summed E-state index contributed by atoms with van der Waals surface area (Å²) in [5.41, 5.74) is 3.88. The van der Waals surface area contributed by atoms with Crippen LogP contribution in [-0.4, -0.2) is 31.8 Å². The Morgan fingerprint density at radius 3 is 2.29 bits per heavy atom. The second kappa shape index (κ2) is 12.4. The van der Waals surface area contributed by atoms with Gasteiger partial charge in [-0.25, -0.2) is 10.2 Å². The lowest BCUT2D eigenvalue weighted by Crippen LogP contribution is -2.24. The van der Waals surface area contributed by atoms with Gasteiger partial charge in [0.1, 0.15) is 17.2 Å². The fourth-order valence-corrected chi connectivity index (χ4v) is 3.06. The molecule has 3 aromatic carbocycles. The van der Waals surface area contributed by atoms with Gasteiger partial charge in [-0.05, 0) is 71.8 Å². The van der Waals surface area contributed by atoms with Gasteiger partial charge in [0.05, 0.1) is 18.3 Å². The minimum absolute atomic E-state index is 0.266. The molecule has 0 spiro atoms. The van der Waals surface area contributed by atoms with E-state index in [0.717, 1.165) is 11.3 Å². The number of hydrazone groups is 1. The Hall–Kier alpha value is -3.81. The molecule has 3 aromatic rings. The first-order chi connectivity index (χ1) is 16.4. The quantitative estimate of drug-likeness (QED) is 0.145. The Morgan fingerprint density at radius 2 is 1.62 bits per heavy atom. The van der Waals surface area contributed by atoms with Crippen LogP contribution in [0.5, 0.6) is 17.2 Å². The SMILES string of the molecule is COc1ccc(/C=C/C(=O)Oc2ccc(/C=N\NC(=O)COc3ccc(Cl)cc3Cl)cc2)cc1. The molecule has 0 bridgehead atoms. The van der Waals surface area contributed by atoms with Gasteiger partial charge in [-0.2, -0.15) is 5.10 Å². The van der Waals surface area contributed by atoms with Gasteiger partial charge in [0.15, 0.2) is 6.61 Å². The third-order valence-electron chi connectivity index (χ3n) is 4.28. The summed E-state index contributed by atoms with van der Waals surface area (Å²) in [6.07, 6.45) is 4.43. The molecule has 0 aromatic heterocycles. The van der Waals surface area contributed by atoms with Crippen molar-refractivity contribution >= 4 is 47.4 Å². The molecule has 0 fully saturated rings. The zero-order chi connectivity index (χ0) is 24.3. The van der Waals surface area contributed by atoms with E-state index < -0.39 is 11.9 Å². The lowest BCUT2D eigenvalue weighted by Gasteiger charge is -2.07. The Labute approximate surface area is 206 Å². The van der Waals surface area contributed by atoms with Crippen molar-refractivity contribution in [3.05, 3.63) is 94.0 Å². The number of rotatable bonds is 9. The molecule has 0 saturated carbocycles. The second-order valence-corrected chi connectivity index (χ2v) is 7.60. The molecule has 7 nitrogen and oxygen atoms in total. The third kappa shape index (κ3) is 7.95. The van der Waals surface area contributed by atoms with Crippen LogP contribution in [0.4, 0.5) is 0 Å². The molecule has 0 unspecified atom stereocenters. The number of carbonyl (C=O) groups is 2. The average molecular weight is 499 g/mol. The number of hydrogen-bond donors (Lipinski definition) is 1. The van der Waals surface area contributed by atoms with Gasteiger partial charge in [0, 0.05) is 11.1 Å². The molecule has 0 atom stereocenters. The fourth-order valence-electron chi connectivity index (χ4n) is 2.60. The molecule has 3 rings (SSSR count). The van der Waals surface area contributed by atoms with E-state index in [2.05, 4.69) is 10.5 Å². The molecule has 1 amide bonds. The predicted octanol–water partition coefficient (Wildman–Crippen LogP) is 5.15. The van der Waals surface area contributed by atoms with Gasteiger partial charge in [-0.1, -0.05) is 35.3 Å². The molecule has 9 heteroatoms. The largest absolute Gasteiger partial charge is 0.497 e. The number of esters is 1. The summed E-state index contributed by atoms with van der Waals surface area (Å²) in [5, 5.41) is 4.65. The van der Waals surface area contributed by atoms with E-state index >= 15 is 0 Å². The molecule has 0 radical (unpaired) electrons. The number of hydrogen-bond acceptors (Lipinski definition) is 6. The normalized spacial score (nSPS) is 10.9. The number of nitrogens with one attached hydrogen (secondary N) is 1. The predicted molar refractivity (Wildman–Crippen MR) is 132 cm³/mol. The molecule has 0 aliphatic heterocycles. The van der Waals surface area contributed by atoms with Gasteiger partial charge in [0.2, 0.25) is 0 Å². The van der Waals surface area contributed by atoms with Crippen molar-refractivity contribution in [2.24, 2.45) is 5.10 Å². The number of methoxy groups -OCH3 is 1. The van der Waals surface area contributed by atoms with E-state index in [4.69, 9.17) is 37.4 Å². The van der Waals surface area contributed by atoms with Crippen LogP contribution in [0.3, 0.4) is 0 Å². The summed E-state index contributed by atoms with van der Waals surface area (Å²) in [5.74, 6) is 0.480. The van der Waals surface area contributed by atoms with Crippen molar-refractivity contribution < 1.29 is 23.8 Å². The van der Waals surface area contributed by atoms with E-state index in [1.807, 2.05) is 12.1 Å². The minimum Gasteiger partial charge on any atom is -0.497 e. The number of ether oxygens (including phenoxy) is 3. The van der Waals surface area contributed by atoms with Crippen LogP contribution in [0.2, 0.25) is 10.0 Å². The second-order valence-electron chi connectivity index (χ2n) is 6.75. The van der Waals surface area contributed by atoms with Crippen molar-refractivity contribution in [3.63, 3.8) is 0 Å². The summed E-state index contributed by atoms with van der Waals surface area (Å²) >= 11 is 11.8. The number of halogens is 2. The molecule has 0 aliphatic rings. The monoisotopic (exact) mass is 498 g/mol. The smallest absolute Gasteiger partial charge is 0.336 e. The van der Waals surface area contributed by atoms with Crippen LogP contribution in [0, 0.1) is 0 Å². The summed E-state index contributed by atoms with van der Waals surface area (Å²) in [6.45, 7) is -0.266. The summed E-state index contributed by atoms with van der Waals surface area (Å²) in [7, 11) is 1.59. The molecule has 174 valence electrons. The van der Waals surface area contributed by atoms with Crippen molar-refractivity contribution in [1.82, 2.24) is 5.43 Å². The van der Waals surface area contributed by atoms with Crippen molar-refractivity contribution in [3.8, 4) is 17.2 Å². The lowest BCUT2D eigenvalue weighted by molar-refractivity contribution is -0.129. The summed E-state index contributed by atoms with van der Waals surface area (Å²) in [4.78, 5) is 23.9. The molecule has 1 N–H and O–H groups in total. The Kier molecular flexibility index (Phi) is 9.08. The Balaban J connectivity index is 1.43. The highest BCUT2D eigenvalue weighted by Gasteiger charge is 2.06.